The number of nitrogens with zero attached hydrogens (tertiary/aromatic N) is 4. The second-order valence-corrected chi connectivity index (χ2v) is 43.6. The Kier molecular flexibility index (Phi) is 53.0. The van der Waals surface area contributed by atoms with Crippen molar-refractivity contribution in [3.05, 3.63) is 163 Å². The normalized spacial score (nSPS) is 12.3. The number of rotatable bonds is 75. The average molecular weight is 1980 g/mol. The number of ether oxygens (including phenoxy) is 4. The Morgan fingerprint density at radius 2 is 0.657 bits per heavy atom. The molecular formula is C129H180N6O6S2. The topological polar surface area (TPSA) is 159 Å². The van der Waals surface area contributed by atoms with Gasteiger partial charge in [-0.3, -0.25) is 0 Å². The molecule has 0 unspecified atom stereocenters. The number of aromatic amines is 2. The minimum Gasteiger partial charge on any atom is -0.493 e. The van der Waals surface area contributed by atoms with Crippen LogP contribution in [-0.2, 0) is 10.2 Å². The van der Waals surface area contributed by atoms with Crippen molar-refractivity contribution in [3.63, 3.8) is 0 Å². The molecule has 8 bridgehead atoms. The van der Waals surface area contributed by atoms with Gasteiger partial charge in [-0.2, -0.15) is 5.26 Å². The lowest BCUT2D eigenvalue weighted by Crippen LogP contribution is -2.25. The standard InChI is InChI=1S/C129H180N6O6S2/c1-9-15-21-27-33-39-45-51-57-63-91-129(92-64-58-52-46-40-34-28-22-16-10-2)108-98-104(142-126(108)127-109(129)99-105(143-127)97-102(100-130)128(136)137)80-82-107-112-85-89-116(133-112)122(124-118(138-93-65-59-53-47-41-35-29-23-17-11-3)71-69-72-119(124)139-94-66-60-54-48-42-36-30-24-18-12-4)114-87-83-110(131-114)106(81-77-101-75-78-103(79-76-101)135(7)8)111-84-88-115(132-111)123(117-90-86-113(107)134-117)125-120(140-95-67-61-55-49-43-37-31-25-19-13-5)73-70-74-121(125)141-96-68-62-56-50-44-38-32-26-20-14-6/h69-76,78-79,83-90,97-99,131,134H,9-68,91-96H2,1-8H3,(H,136,137)/b102-97-,110-106?,111-106?,112-107?,113-107?,122-114?,122-116?,123-115?,123-117?. The first-order valence-corrected chi connectivity index (χ1v) is 59.5. The highest BCUT2D eigenvalue weighted by molar-refractivity contribution is 7.23. The summed E-state index contributed by atoms with van der Waals surface area (Å²) in [4.78, 5) is 39.0. The van der Waals surface area contributed by atoms with Gasteiger partial charge in [0.15, 0.2) is 0 Å². The number of aromatic nitrogens is 4. The summed E-state index contributed by atoms with van der Waals surface area (Å²) in [6.07, 6.45) is 86.2. The van der Waals surface area contributed by atoms with Crippen LogP contribution in [0.2, 0.25) is 0 Å². The van der Waals surface area contributed by atoms with E-state index >= 15 is 0 Å². The van der Waals surface area contributed by atoms with Crippen LogP contribution in [-0.4, -0.2) is 71.5 Å². The highest BCUT2D eigenvalue weighted by Crippen LogP contribution is 2.60. The van der Waals surface area contributed by atoms with Crippen molar-refractivity contribution in [1.29, 1.82) is 5.26 Å². The summed E-state index contributed by atoms with van der Waals surface area (Å²) in [5.74, 6) is 17.1. The molecule has 3 aliphatic rings. The maximum absolute atomic E-state index is 12.7. The predicted octanol–water partition coefficient (Wildman–Crippen LogP) is 39.1. The number of benzene rings is 3. The highest BCUT2D eigenvalue weighted by atomic mass is 32.1. The lowest BCUT2D eigenvalue weighted by molar-refractivity contribution is -0.132. The van der Waals surface area contributed by atoms with Crippen molar-refractivity contribution in [2.45, 2.75) is 445 Å². The number of anilines is 1. The van der Waals surface area contributed by atoms with Gasteiger partial charge in [0.2, 0.25) is 0 Å². The monoisotopic (exact) mass is 1970 g/mol. The van der Waals surface area contributed by atoms with Crippen LogP contribution in [0.5, 0.6) is 23.0 Å². The number of thiophene rings is 2. The van der Waals surface area contributed by atoms with E-state index in [1.165, 1.54) is 329 Å². The highest BCUT2D eigenvalue weighted by Gasteiger charge is 2.45. The van der Waals surface area contributed by atoms with Crippen molar-refractivity contribution in [1.82, 2.24) is 19.9 Å². The zero-order chi connectivity index (χ0) is 100. The molecule has 0 saturated carbocycles. The van der Waals surface area contributed by atoms with Crippen LogP contribution in [0.1, 0.15) is 500 Å². The summed E-state index contributed by atoms with van der Waals surface area (Å²) in [7, 11) is 4.14. The van der Waals surface area contributed by atoms with Crippen LogP contribution >= 0.6 is 22.7 Å². The van der Waals surface area contributed by atoms with Gasteiger partial charge in [-0.05, 0) is 165 Å². The minimum absolute atomic E-state index is 0.254. The fourth-order valence-corrected chi connectivity index (χ4v) is 23.6. The van der Waals surface area contributed by atoms with Crippen molar-refractivity contribution in [2.24, 2.45) is 0 Å². The maximum atomic E-state index is 12.7. The Balaban J connectivity index is 1.13. The predicted molar refractivity (Wildman–Crippen MR) is 614 cm³/mol. The van der Waals surface area contributed by atoms with Crippen LogP contribution in [0.15, 0.2) is 103 Å². The molecule has 5 aromatic heterocycles. The number of aliphatic carboxylic acids is 1. The Bertz CT molecular complexity index is 5310. The van der Waals surface area contributed by atoms with Crippen LogP contribution in [0.25, 0.3) is 84.5 Å². The second-order valence-electron chi connectivity index (χ2n) is 41.5. The fraction of sp³-hybridized carbons (Fsp3) is 0.581. The molecule has 143 heavy (non-hydrogen) atoms. The molecule has 0 spiro atoms. The smallest absolute Gasteiger partial charge is 0.346 e. The molecule has 14 heteroatoms. The molecule has 0 amide bonds. The molecule has 7 heterocycles. The maximum Gasteiger partial charge on any atom is 0.346 e. The molecule has 11 rings (SSSR count). The zero-order valence-electron chi connectivity index (χ0n) is 89.9. The summed E-state index contributed by atoms with van der Waals surface area (Å²) in [5, 5.41) is 20.7. The van der Waals surface area contributed by atoms with Crippen LogP contribution in [0.4, 0.5) is 5.69 Å². The number of hydrogen-bond donors (Lipinski definition) is 3. The van der Waals surface area contributed by atoms with E-state index in [9.17, 15) is 15.2 Å². The first-order chi connectivity index (χ1) is 70.4. The summed E-state index contributed by atoms with van der Waals surface area (Å²) in [5.41, 5.74) is 14.9. The second kappa shape index (κ2) is 66.6. The van der Waals surface area contributed by atoms with Crippen LogP contribution in [0.3, 0.4) is 0 Å². The van der Waals surface area contributed by atoms with Gasteiger partial charge >= 0.3 is 5.97 Å². The van der Waals surface area contributed by atoms with E-state index in [1.807, 2.05) is 6.07 Å². The molecule has 0 radical (unpaired) electrons. The molecule has 1 aliphatic carbocycles. The lowest BCUT2D eigenvalue weighted by Gasteiger charge is -2.31. The van der Waals surface area contributed by atoms with Gasteiger partial charge in [-0.15, -0.1) is 22.7 Å². The van der Waals surface area contributed by atoms with Gasteiger partial charge in [0.05, 0.1) is 87.4 Å². The van der Waals surface area contributed by atoms with Crippen LogP contribution in [0, 0.1) is 35.0 Å². The van der Waals surface area contributed by atoms with Crippen molar-refractivity contribution < 1.29 is 28.8 Å². The van der Waals surface area contributed by atoms with E-state index in [2.05, 4.69) is 216 Å². The van der Waals surface area contributed by atoms with E-state index in [1.54, 1.807) is 28.7 Å². The number of unbranched alkanes of at least 4 members (excludes halogenated alkanes) is 54. The van der Waals surface area contributed by atoms with E-state index in [0.29, 0.717) is 37.8 Å². The molecule has 0 atom stereocenters. The first-order valence-electron chi connectivity index (χ1n) is 57.8. The number of carbonyl (C=O) groups is 1. The molecule has 3 aromatic carbocycles. The number of hydrogen-bond acceptors (Lipinski definition) is 11. The Morgan fingerprint density at radius 3 is 0.986 bits per heavy atom. The van der Waals surface area contributed by atoms with Gasteiger partial charge in [0.1, 0.15) is 34.6 Å². The molecule has 3 N–H and O–H groups in total. The molecule has 774 valence electrons. The van der Waals surface area contributed by atoms with Crippen molar-refractivity contribution in [2.75, 3.05) is 45.4 Å². The fourth-order valence-electron chi connectivity index (χ4n) is 21.1. The SMILES string of the molecule is CCCCCCCCCCCCOc1cccc(OCCCCCCCCCCCC)c1-c1c2nc(c(C#Cc3cc4c(s3)-c3sc(/C=C(/C#N)C(=O)O)cc3C4(CCCCCCCCCCCC)CCCCCCCCCCCC)c3ccc([nH]3)c(-c3c(OCCCCCCCCCCCC)cccc3OCCCCCCCCCCCC)c3nc(c(C#Cc4ccc(N(C)C)cc4)c4ccc1[nH]4)C=C3)C=C2. The first kappa shape index (κ1) is 114. The summed E-state index contributed by atoms with van der Waals surface area (Å²) in [6, 6.07) is 36.6. The number of nitriles is 1. The van der Waals surface area contributed by atoms with Gasteiger partial charge in [-0.1, -0.05) is 437 Å². The number of nitrogens with one attached hydrogen (secondary N) is 2. The summed E-state index contributed by atoms with van der Waals surface area (Å²) in [6.45, 7) is 16.0. The third kappa shape index (κ3) is 37.1. The van der Waals surface area contributed by atoms with E-state index < -0.39 is 5.97 Å². The largest absolute Gasteiger partial charge is 0.493 e. The third-order valence-corrected chi connectivity index (χ3v) is 31.8. The van der Waals surface area contributed by atoms with Crippen molar-refractivity contribution in [3.8, 4) is 84.8 Å². The Labute approximate surface area is 873 Å². The van der Waals surface area contributed by atoms with Crippen molar-refractivity contribution >= 4 is 86.8 Å². The van der Waals surface area contributed by atoms with Gasteiger partial charge in [0, 0.05) is 67.6 Å². The molecule has 8 aromatic rings. The molecule has 12 nitrogen and oxygen atoms in total. The van der Waals surface area contributed by atoms with Crippen LogP contribution < -0.4 is 23.8 Å². The van der Waals surface area contributed by atoms with E-state index in [4.69, 9.17) is 28.9 Å². The number of H-pyrrole nitrogens is 2. The Morgan fingerprint density at radius 1 is 0.357 bits per heavy atom. The van der Waals surface area contributed by atoms with Gasteiger partial charge in [-0.25, -0.2) is 14.8 Å². The number of fused-ring (bicyclic) bond motifs is 11. The molecular weight excluding hydrogens is 1790 g/mol. The van der Waals surface area contributed by atoms with E-state index in [-0.39, 0.29) is 11.0 Å². The average Bonchev–Trinajstić information content (AvgIpc) is 1.54. The quantitative estimate of drug-likeness (QED) is 0.0145. The third-order valence-electron chi connectivity index (χ3n) is 29.6. The molecule has 0 fully saturated rings. The number of carboxylic acid groups (broad SMARTS) is 1. The van der Waals surface area contributed by atoms with Gasteiger partial charge < -0.3 is 38.9 Å². The summed E-state index contributed by atoms with van der Waals surface area (Å²) >= 11 is 3.38. The zero-order valence-corrected chi connectivity index (χ0v) is 91.5. The minimum atomic E-state index is -1.21. The lowest BCUT2D eigenvalue weighted by atomic mass is 9.71. The molecule has 2 aliphatic heterocycles. The Hall–Kier alpha value is -9.52. The van der Waals surface area contributed by atoms with Gasteiger partial charge in [0.25, 0.3) is 0 Å². The number of carboxylic acids is 1. The molecule has 0 saturated heterocycles. The van der Waals surface area contributed by atoms with E-state index in [0.717, 1.165) is 201 Å². The summed E-state index contributed by atoms with van der Waals surface area (Å²) < 4.78 is 28.9.